The van der Waals surface area contributed by atoms with Crippen molar-refractivity contribution in [2.75, 3.05) is 35.2 Å². The summed E-state index contributed by atoms with van der Waals surface area (Å²) in [5.41, 5.74) is 8.03. The van der Waals surface area contributed by atoms with Crippen molar-refractivity contribution in [3.05, 3.63) is 36.5 Å². The molecule has 2 heterocycles. The second-order valence-corrected chi connectivity index (χ2v) is 5.66. The highest BCUT2D eigenvalue weighted by atomic mass is 32.2. The summed E-state index contributed by atoms with van der Waals surface area (Å²) in [6.07, 6.45) is 1.83. The van der Waals surface area contributed by atoms with Gasteiger partial charge in [0.15, 0.2) is 0 Å². The molecule has 0 saturated carbocycles. The number of nitrogen functional groups attached to an aromatic ring is 1. The lowest BCUT2D eigenvalue weighted by Gasteiger charge is -2.26. The number of thioether (sulfide) groups is 1. The first kappa shape index (κ1) is 12.3. The fourth-order valence-electron chi connectivity index (χ4n) is 2.14. The first-order chi connectivity index (χ1) is 9.34. The predicted octanol–water partition coefficient (Wildman–Crippen LogP) is 2.28. The number of nitrogens with zero attached hydrogens (tertiary/aromatic N) is 3. The average Bonchev–Trinajstić information content (AvgIpc) is 2.49. The van der Waals surface area contributed by atoms with E-state index in [4.69, 9.17) is 5.73 Å². The highest BCUT2D eigenvalue weighted by Gasteiger charge is 2.15. The van der Waals surface area contributed by atoms with Crippen molar-refractivity contribution in [1.29, 1.82) is 0 Å². The average molecular weight is 272 g/mol. The molecule has 1 saturated heterocycles. The third kappa shape index (κ3) is 2.66. The molecular weight excluding hydrogens is 256 g/mol. The smallest absolute Gasteiger partial charge is 0.227 e. The van der Waals surface area contributed by atoms with Crippen LogP contribution in [0.2, 0.25) is 0 Å². The molecule has 0 aliphatic carbocycles. The van der Waals surface area contributed by atoms with E-state index in [-0.39, 0.29) is 0 Å². The molecule has 19 heavy (non-hydrogen) atoms. The normalized spacial score (nSPS) is 15.5. The number of benzene rings is 1. The molecule has 2 aromatic rings. The Kier molecular flexibility index (Phi) is 3.55. The van der Waals surface area contributed by atoms with Crippen LogP contribution in [0.4, 0.5) is 11.8 Å². The molecule has 0 bridgehead atoms. The third-order valence-corrected chi connectivity index (χ3v) is 4.13. The van der Waals surface area contributed by atoms with Gasteiger partial charge in [-0.1, -0.05) is 30.3 Å². The molecule has 0 unspecified atom stereocenters. The predicted molar refractivity (Wildman–Crippen MR) is 81.4 cm³/mol. The summed E-state index contributed by atoms with van der Waals surface area (Å²) in [4.78, 5) is 11.1. The fraction of sp³-hybridized carbons (Fsp3) is 0.286. The van der Waals surface area contributed by atoms with Gasteiger partial charge in [0.25, 0.3) is 0 Å². The lowest BCUT2D eigenvalue weighted by molar-refractivity contribution is 0.817. The number of anilines is 2. The van der Waals surface area contributed by atoms with Gasteiger partial charge < -0.3 is 10.6 Å². The van der Waals surface area contributed by atoms with E-state index in [1.807, 2.05) is 48.3 Å². The van der Waals surface area contributed by atoms with Crippen molar-refractivity contribution in [3.63, 3.8) is 0 Å². The third-order valence-electron chi connectivity index (χ3n) is 3.18. The van der Waals surface area contributed by atoms with Crippen LogP contribution in [0.25, 0.3) is 11.1 Å². The Labute approximate surface area is 117 Å². The Hall–Kier alpha value is -1.75. The second-order valence-electron chi connectivity index (χ2n) is 4.43. The molecule has 1 aliphatic rings. The summed E-state index contributed by atoms with van der Waals surface area (Å²) in [7, 11) is 0. The van der Waals surface area contributed by atoms with Gasteiger partial charge in [-0.05, 0) is 5.56 Å². The zero-order valence-corrected chi connectivity index (χ0v) is 11.4. The molecular formula is C14H16N4S. The van der Waals surface area contributed by atoms with Gasteiger partial charge in [-0.2, -0.15) is 16.7 Å². The summed E-state index contributed by atoms with van der Waals surface area (Å²) >= 11 is 1.97. The Morgan fingerprint density at radius 1 is 1.11 bits per heavy atom. The molecule has 5 heteroatoms. The van der Waals surface area contributed by atoms with Crippen LogP contribution in [0.15, 0.2) is 36.5 Å². The molecule has 0 radical (unpaired) electrons. The highest BCUT2D eigenvalue weighted by molar-refractivity contribution is 7.99. The molecule has 98 valence electrons. The Bertz CT molecular complexity index is 553. The molecule has 4 nitrogen and oxygen atoms in total. The Morgan fingerprint density at radius 2 is 1.84 bits per heavy atom. The zero-order valence-electron chi connectivity index (χ0n) is 10.6. The van der Waals surface area contributed by atoms with Crippen LogP contribution in [0.5, 0.6) is 0 Å². The van der Waals surface area contributed by atoms with Crippen LogP contribution in [0.3, 0.4) is 0 Å². The standard InChI is InChI=1S/C14H16N4S/c15-13-12(11-4-2-1-3-5-11)10-16-14(17-13)18-6-8-19-9-7-18/h1-5,10H,6-9H2,(H2,15,16,17). The molecule has 1 aromatic heterocycles. The van der Waals surface area contributed by atoms with Crippen molar-refractivity contribution in [3.8, 4) is 11.1 Å². The maximum atomic E-state index is 6.08. The van der Waals surface area contributed by atoms with E-state index in [1.165, 1.54) is 0 Å². The first-order valence-corrected chi connectivity index (χ1v) is 7.51. The largest absolute Gasteiger partial charge is 0.383 e. The van der Waals surface area contributed by atoms with E-state index in [9.17, 15) is 0 Å². The van der Waals surface area contributed by atoms with Gasteiger partial charge >= 0.3 is 0 Å². The molecule has 0 spiro atoms. The van der Waals surface area contributed by atoms with Gasteiger partial charge in [0.2, 0.25) is 5.95 Å². The number of hydrogen-bond acceptors (Lipinski definition) is 5. The summed E-state index contributed by atoms with van der Waals surface area (Å²) in [6, 6.07) is 10.0. The SMILES string of the molecule is Nc1nc(N2CCSCC2)ncc1-c1ccccc1. The van der Waals surface area contributed by atoms with E-state index in [1.54, 1.807) is 0 Å². The minimum absolute atomic E-state index is 0.550. The van der Waals surface area contributed by atoms with Gasteiger partial charge in [-0.3, -0.25) is 0 Å². The van der Waals surface area contributed by atoms with Crippen LogP contribution in [0.1, 0.15) is 0 Å². The van der Waals surface area contributed by atoms with E-state index >= 15 is 0 Å². The summed E-state index contributed by atoms with van der Waals surface area (Å²) in [6.45, 7) is 1.99. The van der Waals surface area contributed by atoms with Gasteiger partial charge in [-0.25, -0.2) is 4.98 Å². The Balaban J connectivity index is 1.89. The van der Waals surface area contributed by atoms with Crippen molar-refractivity contribution in [1.82, 2.24) is 9.97 Å². The molecule has 1 aromatic carbocycles. The van der Waals surface area contributed by atoms with Crippen molar-refractivity contribution in [2.24, 2.45) is 0 Å². The maximum absolute atomic E-state index is 6.08. The van der Waals surface area contributed by atoms with E-state index < -0.39 is 0 Å². The molecule has 0 atom stereocenters. The fourth-order valence-corrected chi connectivity index (χ4v) is 3.04. The number of nitrogens with two attached hydrogens (primary N) is 1. The highest BCUT2D eigenvalue weighted by Crippen LogP contribution is 2.25. The molecule has 1 fully saturated rings. The second kappa shape index (κ2) is 5.48. The van der Waals surface area contributed by atoms with Crippen LogP contribution in [-0.2, 0) is 0 Å². The summed E-state index contributed by atoms with van der Waals surface area (Å²) in [5.74, 6) is 3.56. The first-order valence-electron chi connectivity index (χ1n) is 6.35. The van der Waals surface area contributed by atoms with E-state index in [0.717, 1.165) is 41.7 Å². The van der Waals surface area contributed by atoms with Crippen LogP contribution >= 0.6 is 11.8 Å². The van der Waals surface area contributed by atoms with Gasteiger partial charge in [0, 0.05) is 36.4 Å². The van der Waals surface area contributed by atoms with Crippen LogP contribution < -0.4 is 10.6 Å². The summed E-state index contributed by atoms with van der Waals surface area (Å²) in [5, 5.41) is 0. The minimum atomic E-state index is 0.550. The molecule has 2 N–H and O–H groups in total. The van der Waals surface area contributed by atoms with Crippen LogP contribution in [-0.4, -0.2) is 34.6 Å². The van der Waals surface area contributed by atoms with Crippen molar-refractivity contribution in [2.45, 2.75) is 0 Å². The van der Waals surface area contributed by atoms with Gasteiger partial charge in [-0.15, -0.1) is 0 Å². The van der Waals surface area contributed by atoms with E-state index in [2.05, 4.69) is 14.9 Å². The molecule has 3 rings (SSSR count). The number of rotatable bonds is 2. The molecule has 1 aliphatic heterocycles. The zero-order chi connectivity index (χ0) is 13.1. The van der Waals surface area contributed by atoms with Crippen molar-refractivity contribution >= 4 is 23.5 Å². The van der Waals surface area contributed by atoms with Gasteiger partial charge in [0.1, 0.15) is 5.82 Å². The minimum Gasteiger partial charge on any atom is -0.383 e. The van der Waals surface area contributed by atoms with Gasteiger partial charge in [0.05, 0.1) is 0 Å². The van der Waals surface area contributed by atoms with Crippen molar-refractivity contribution < 1.29 is 0 Å². The molecule has 0 amide bonds. The summed E-state index contributed by atoms with van der Waals surface area (Å²) < 4.78 is 0. The van der Waals surface area contributed by atoms with E-state index in [0.29, 0.717) is 5.82 Å². The maximum Gasteiger partial charge on any atom is 0.227 e. The number of hydrogen-bond donors (Lipinski definition) is 1. The Morgan fingerprint density at radius 3 is 2.53 bits per heavy atom. The quantitative estimate of drug-likeness (QED) is 0.909. The topological polar surface area (TPSA) is 55.0 Å². The van der Waals surface area contributed by atoms with Crippen LogP contribution in [0, 0.1) is 0 Å². The number of aromatic nitrogens is 2. The lowest BCUT2D eigenvalue weighted by Crippen LogP contribution is -2.33. The lowest BCUT2D eigenvalue weighted by atomic mass is 10.1. The monoisotopic (exact) mass is 272 g/mol.